The molecular formula is C29H27FN2O6S. The number of thiazole rings is 1. The quantitative estimate of drug-likeness (QED) is 0.0857. The minimum Gasteiger partial charge on any atom is -0.507 e. The third kappa shape index (κ3) is 5.61. The maximum Gasteiger partial charge on any atom is 0.350 e. The predicted octanol–water partition coefficient (Wildman–Crippen LogP) is 5.74. The summed E-state index contributed by atoms with van der Waals surface area (Å²) in [5, 5.41) is 11.3. The molecule has 202 valence electrons. The van der Waals surface area contributed by atoms with Crippen molar-refractivity contribution in [2.45, 2.75) is 32.7 Å². The van der Waals surface area contributed by atoms with Gasteiger partial charge in [0.25, 0.3) is 5.78 Å². The van der Waals surface area contributed by atoms with E-state index in [1.807, 2.05) is 6.92 Å². The van der Waals surface area contributed by atoms with E-state index in [0.29, 0.717) is 12.4 Å². The first-order chi connectivity index (χ1) is 18.8. The minimum absolute atomic E-state index is 0.00729. The molecule has 1 saturated heterocycles. The van der Waals surface area contributed by atoms with Gasteiger partial charge in [-0.05, 0) is 43.7 Å². The predicted molar refractivity (Wildman–Crippen MR) is 145 cm³/mol. The molecule has 0 spiro atoms. The number of aliphatic hydroxyl groups excluding tert-OH is 1. The third-order valence-corrected chi connectivity index (χ3v) is 7.18. The number of Topliss-reactive ketones (excluding diaryl/α,β-unsaturated/α-hetero) is 1. The van der Waals surface area contributed by atoms with E-state index in [1.54, 1.807) is 37.3 Å². The number of unbranched alkanes of at least 4 members (excludes halogenated alkanes) is 1. The van der Waals surface area contributed by atoms with Crippen molar-refractivity contribution in [3.63, 3.8) is 0 Å². The minimum atomic E-state index is -1.32. The largest absolute Gasteiger partial charge is 0.507 e. The van der Waals surface area contributed by atoms with E-state index in [-0.39, 0.29) is 39.0 Å². The number of rotatable bonds is 10. The van der Waals surface area contributed by atoms with E-state index in [0.717, 1.165) is 29.1 Å². The van der Waals surface area contributed by atoms with Crippen molar-refractivity contribution in [3.8, 4) is 5.75 Å². The number of aryl methyl sites for hydroxylation is 1. The highest BCUT2D eigenvalue weighted by Crippen LogP contribution is 2.44. The van der Waals surface area contributed by atoms with Gasteiger partial charge in [-0.1, -0.05) is 55.5 Å². The van der Waals surface area contributed by atoms with Crippen LogP contribution in [0, 0.1) is 12.7 Å². The molecule has 1 N–H and O–H groups in total. The fourth-order valence-electron chi connectivity index (χ4n) is 4.09. The van der Waals surface area contributed by atoms with Crippen molar-refractivity contribution >= 4 is 39.9 Å². The molecule has 4 rings (SSSR count). The number of amides is 1. The van der Waals surface area contributed by atoms with Crippen LogP contribution in [0.2, 0.25) is 0 Å². The highest BCUT2D eigenvalue weighted by Gasteiger charge is 2.49. The second kappa shape index (κ2) is 12.0. The molecule has 2 heterocycles. The molecule has 0 saturated carbocycles. The van der Waals surface area contributed by atoms with Crippen LogP contribution in [0.5, 0.6) is 5.75 Å². The van der Waals surface area contributed by atoms with Crippen molar-refractivity contribution < 1.29 is 33.4 Å². The monoisotopic (exact) mass is 550 g/mol. The van der Waals surface area contributed by atoms with Crippen molar-refractivity contribution in [3.05, 3.63) is 94.3 Å². The topological polar surface area (TPSA) is 106 Å². The number of carbonyl (C=O) groups excluding carboxylic acids is 3. The van der Waals surface area contributed by atoms with Crippen LogP contribution in [0.1, 0.15) is 52.3 Å². The van der Waals surface area contributed by atoms with Crippen molar-refractivity contribution in [1.82, 2.24) is 4.98 Å². The summed E-state index contributed by atoms with van der Waals surface area (Å²) < 4.78 is 25.9. The first-order valence-corrected chi connectivity index (χ1v) is 13.1. The molecule has 1 aliphatic rings. The Labute approximate surface area is 229 Å². The summed E-state index contributed by atoms with van der Waals surface area (Å²) in [5.74, 6) is -3.25. The van der Waals surface area contributed by atoms with Crippen molar-refractivity contribution in [2.24, 2.45) is 0 Å². The number of carbonyl (C=O) groups is 3. The zero-order valence-corrected chi connectivity index (χ0v) is 22.3. The fourth-order valence-corrected chi connectivity index (χ4v) is 5.08. The average Bonchev–Trinajstić information content (AvgIpc) is 3.44. The summed E-state index contributed by atoms with van der Waals surface area (Å²) in [4.78, 5) is 44.6. The van der Waals surface area contributed by atoms with Crippen LogP contribution in [-0.2, 0) is 14.3 Å². The molecule has 1 fully saturated rings. The molecule has 0 radical (unpaired) electrons. The van der Waals surface area contributed by atoms with Gasteiger partial charge in [-0.15, -0.1) is 0 Å². The first kappa shape index (κ1) is 27.7. The summed E-state index contributed by atoms with van der Waals surface area (Å²) in [6.07, 6.45) is 3.28. The molecular weight excluding hydrogens is 523 g/mol. The summed E-state index contributed by atoms with van der Waals surface area (Å²) >= 11 is 0.836. The first-order valence-electron chi connectivity index (χ1n) is 12.3. The van der Waals surface area contributed by atoms with Crippen LogP contribution in [0.25, 0.3) is 5.76 Å². The molecule has 1 unspecified atom stereocenters. The normalized spacial score (nSPS) is 16.4. The Morgan fingerprint density at radius 1 is 1.21 bits per heavy atom. The molecule has 1 aromatic heterocycles. The van der Waals surface area contributed by atoms with Gasteiger partial charge in [0, 0.05) is 11.1 Å². The van der Waals surface area contributed by atoms with Gasteiger partial charge in [-0.2, -0.15) is 0 Å². The number of ether oxygens (including phenoxy) is 2. The second-order valence-electron chi connectivity index (χ2n) is 8.72. The van der Waals surface area contributed by atoms with Crippen LogP contribution in [0.3, 0.4) is 0 Å². The SMILES string of the molecule is C=CCOC(=O)c1sc(N2C(=O)C(=O)C(=C(O)c3ccc(OCCCC)cc3)C2c2ccccc2F)nc1C. The highest BCUT2D eigenvalue weighted by atomic mass is 32.1. The van der Waals surface area contributed by atoms with Crippen LogP contribution in [0.4, 0.5) is 9.52 Å². The Bertz CT molecular complexity index is 1450. The molecule has 2 aromatic carbocycles. The third-order valence-electron chi connectivity index (χ3n) is 6.05. The van der Waals surface area contributed by atoms with E-state index in [2.05, 4.69) is 11.6 Å². The number of anilines is 1. The van der Waals surface area contributed by atoms with E-state index >= 15 is 4.39 Å². The maximum absolute atomic E-state index is 15.1. The van der Waals surface area contributed by atoms with Gasteiger partial charge < -0.3 is 14.6 Å². The Hall–Kier alpha value is -4.31. The smallest absolute Gasteiger partial charge is 0.350 e. The molecule has 3 aromatic rings. The average molecular weight is 551 g/mol. The lowest BCUT2D eigenvalue weighted by atomic mass is 9.95. The molecule has 0 bridgehead atoms. The van der Waals surface area contributed by atoms with E-state index in [9.17, 15) is 19.5 Å². The lowest BCUT2D eigenvalue weighted by Crippen LogP contribution is -2.29. The lowest BCUT2D eigenvalue weighted by Gasteiger charge is -2.23. The lowest BCUT2D eigenvalue weighted by molar-refractivity contribution is -0.132. The fraction of sp³-hybridized carbons (Fsp3) is 0.241. The van der Waals surface area contributed by atoms with Gasteiger partial charge in [0.2, 0.25) is 0 Å². The van der Waals surface area contributed by atoms with Crippen LogP contribution in [0.15, 0.2) is 66.8 Å². The van der Waals surface area contributed by atoms with E-state index in [1.165, 1.54) is 24.3 Å². The standard InChI is InChI=1S/C29H27FN2O6S/c1-4-6-16-37-19-13-11-18(12-14-19)24(33)22-23(20-9-7-8-10-21(20)30)32(27(35)25(22)34)29-31-17(3)26(39-29)28(36)38-15-5-2/h5,7-14,23,33H,2,4,6,15-16H2,1,3H3. The highest BCUT2D eigenvalue weighted by molar-refractivity contribution is 7.17. The molecule has 1 atom stereocenters. The molecule has 8 nitrogen and oxygen atoms in total. The number of aromatic nitrogens is 1. The molecule has 0 aliphatic carbocycles. The number of aliphatic hydroxyl groups is 1. The Morgan fingerprint density at radius 3 is 2.59 bits per heavy atom. The summed E-state index contributed by atoms with van der Waals surface area (Å²) in [6.45, 7) is 7.63. The summed E-state index contributed by atoms with van der Waals surface area (Å²) in [6, 6.07) is 10.7. The van der Waals surface area contributed by atoms with Crippen LogP contribution >= 0.6 is 11.3 Å². The van der Waals surface area contributed by atoms with Gasteiger partial charge >= 0.3 is 11.9 Å². The van der Waals surface area contributed by atoms with Crippen molar-refractivity contribution in [1.29, 1.82) is 0 Å². The number of hydrogen-bond donors (Lipinski definition) is 1. The maximum atomic E-state index is 15.1. The van der Waals surface area contributed by atoms with E-state index in [4.69, 9.17) is 9.47 Å². The van der Waals surface area contributed by atoms with Gasteiger partial charge in [0.15, 0.2) is 5.13 Å². The van der Waals surface area contributed by atoms with Gasteiger partial charge in [0.1, 0.15) is 34.9 Å². The second-order valence-corrected chi connectivity index (χ2v) is 9.69. The molecule has 39 heavy (non-hydrogen) atoms. The summed E-state index contributed by atoms with van der Waals surface area (Å²) in [5.41, 5.74) is 0.216. The van der Waals surface area contributed by atoms with Gasteiger partial charge in [0.05, 0.1) is 17.9 Å². The van der Waals surface area contributed by atoms with Crippen LogP contribution in [-0.4, -0.2) is 41.0 Å². The van der Waals surface area contributed by atoms with Gasteiger partial charge in [-0.25, -0.2) is 14.2 Å². The van der Waals surface area contributed by atoms with Crippen molar-refractivity contribution in [2.75, 3.05) is 18.1 Å². The zero-order chi connectivity index (χ0) is 28.1. The number of nitrogens with zero attached hydrogens (tertiary/aromatic N) is 2. The molecule has 10 heteroatoms. The van der Waals surface area contributed by atoms with Gasteiger partial charge in [-0.3, -0.25) is 14.5 Å². The molecule has 1 aliphatic heterocycles. The Morgan fingerprint density at radius 2 is 1.92 bits per heavy atom. The number of halogens is 1. The number of esters is 1. The van der Waals surface area contributed by atoms with Crippen LogP contribution < -0.4 is 9.64 Å². The summed E-state index contributed by atoms with van der Waals surface area (Å²) in [7, 11) is 0. The zero-order valence-electron chi connectivity index (χ0n) is 21.5. The number of hydrogen-bond acceptors (Lipinski definition) is 8. The van der Waals surface area contributed by atoms with E-state index < -0.39 is 35.3 Å². The molecule has 1 amide bonds. The number of benzene rings is 2. The Balaban J connectivity index is 1.81. The Kier molecular flexibility index (Phi) is 8.55. The number of ketones is 1.